The first kappa shape index (κ1) is 25.5. The van der Waals surface area contributed by atoms with Crippen LogP contribution in [0.2, 0.25) is 0 Å². The number of benzene rings is 2. The minimum absolute atomic E-state index is 0.295. The Balaban J connectivity index is 1.45. The monoisotopic (exact) mass is 505 g/mol. The van der Waals surface area contributed by atoms with E-state index in [1.165, 1.54) is 23.0 Å². The highest BCUT2D eigenvalue weighted by Crippen LogP contribution is 2.38. The van der Waals surface area contributed by atoms with Crippen molar-refractivity contribution in [2.24, 2.45) is 0 Å². The zero-order valence-electron chi connectivity index (χ0n) is 20.9. The zero-order valence-corrected chi connectivity index (χ0v) is 21.7. The smallest absolute Gasteiger partial charge is 0.341 e. The summed E-state index contributed by atoms with van der Waals surface area (Å²) in [4.78, 5) is 26.5. The van der Waals surface area contributed by atoms with Gasteiger partial charge in [0.2, 0.25) is 5.91 Å². The van der Waals surface area contributed by atoms with Gasteiger partial charge in [0.1, 0.15) is 11.6 Å². The Hall–Kier alpha value is -3.58. The number of rotatable bonds is 9. The highest BCUT2D eigenvalue weighted by molar-refractivity contribution is 7.17. The van der Waals surface area contributed by atoms with Gasteiger partial charge in [-0.1, -0.05) is 30.3 Å². The van der Waals surface area contributed by atoms with Gasteiger partial charge in [0.15, 0.2) is 11.5 Å². The average Bonchev–Trinajstić information content (AvgIpc) is 3.25. The average molecular weight is 506 g/mol. The molecule has 1 amide bonds. The van der Waals surface area contributed by atoms with Gasteiger partial charge in [0, 0.05) is 11.0 Å². The molecule has 1 N–H and O–H groups in total. The molecule has 0 saturated heterocycles. The van der Waals surface area contributed by atoms with Crippen LogP contribution >= 0.6 is 11.3 Å². The molecule has 2 aromatic carbocycles. The molecular formula is C29H31NO5S. The van der Waals surface area contributed by atoms with Crippen molar-refractivity contribution in [1.82, 2.24) is 0 Å². The van der Waals surface area contributed by atoms with Crippen LogP contribution in [0.25, 0.3) is 6.08 Å². The van der Waals surface area contributed by atoms with Crippen LogP contribution in [0.15, 0.2) is 48.5 Å². The molecule has 1 aliphatic rings. The number of aryl methyl sites for hydroxylation is 2. The van der Waals surface area contributed by atoms with E-state index >= 15 is 0 Å². The topological polar surface area (TPSA) is 73.9 Å². The minimum Gasteiger partial charge on any atom is -0.493 e. The van der Waals surface area contributed by atoms with Crippen molar-refractivity contribution in [2.45, 2.75) is 46.1 Å². The van der Waals surface area contributed by atoms with Crippen LogP contribution in [0.5, 0.6) is 11.5 Å². The number of nitrogens with one attached hydrogen (secondary N) is 1. The molecule has 0 saturated carbocycles. The second-order valence-electron chi connectivity index (χ2n) is 8.58. The molecule has 0 aliphatic heterocycles. The summed E-state index contributed by atoms with van der Waals surface area (Å²) in [5, 5.41) is 3.46. The molecule has 7 heteroatoms. The Bertz CT molecular complexity index is 1280. The van der Waals surface area contributed by atoms with Crippen molar-refractivity contribution in [3.63, 3.8) is 0 Å². The summed E-state index contributed by atoms with van der Waals surface area (Å²) in [6, 6.07) is 13.6. The number of methoxy groups -OCH3 is 1. The minimum atomic E-state index is -0.373. The molecule has 0 unspecified atom stereocenters. The number of hydrogen-bond acceptors (Lipinski definition) is 6. The lowest BCUT2D eigenvalue weighted by Crippen LogP contribution is -2.14. The molecule has 1 heterocycles. The van der Waals surface area contributed by atoms with Crippen LogP contribution in [-0.4, -0.2) is 25.6 Å². The predicted molar refractivity (Wildman–Crippen MR) is 143 cm³/mol. The van der Waals surface area contributed by atoms with Gasteiger partial charge in [0.25, 0.3) is 0 Å². The van der Waals surface area contributed by atoms with E-state index in [1.54, 1.807) is 20.1 Å². The molecule has 36 heavy (non-hydrogen) atoms. The van der Waals surface area contributed by atoms with Gasteiger partial charge in [-0.15, -0.1) is 11.3 Å². The molecule has 3 aromatic rings. The Morgan fingerprint density at radius 2 is 1.89 bits per heavy atom. The lowest BCUT2D eigenvalue weighted by atomic mass is 9.95. The van der Waals surface area contributed by atoms with Gasteiger partial charge >= 0.3 is 5.97 Å². The summed E-state index contributed by atoms with van der Waals surface area (Å²) in [7, 11) is 1.59. The second kappa shape index (κ2) is 11.9. The van der Waals surface area contributed by atoms with Gasteiger partial charge in [-0.25, -0.2) is 4.79 Å². The van der Waals surface area contributed by atoms with Crippen molar-refractivity contribution in [1.29, 1.82) is 0 Å². The molecule has 1 aromatic heterocycles. The van der Waals surface area contributed by atoms with E-state index < -0.39 is 0 Å². The Morgan fingerprint density at radius 3 is 2.67 bits per heavy atom. The number of carbonyl (C=O) groups is 2. The number of fused-ring (bicyclic) bond motifs is 1. The zero-order chi connectivity index (χ0) is 25.5. The molecule has 6 nitrogen and oxygen atoms in total. The summed E-state index contributed by atoms with van der Waals surface area (Å²) in [6.45, 7) is 4.57. The molecule has 0 atom stereocenters. The van der Waals surface area contributed by atoms with Crippen LogP contribution in [-0.2, 0) is 29.0 Å². The molecule has 188 valence electrons. The molecule has 0 spiro atoms. The number of esters is 1. The first-order valence-electron chi connectivity index (χ1n) is 12.2. The standard InChI is InChI=1S/C29H31NO5S/c1-4-34-29(32)27-22-11-7-8-12-25(22)36-28(27)30-26(31)16-14-20-13-15-23(24(17-20)33-3)35-18-21-10-6-5-9-19(21)2/h5-6,9-10,13-17H,4,7-8,11-12,18H2,1-3H3,(H,30,31). The van der Waals surface area contributed by atoms with Gasteiger partial charge < -0.3 is 19.5 Å². The number of ether oxygens (including phenoxy) is 3. The van der Waals surface area contributed by atoms with Crippen LogP contribution in [0, 0.1) is 6.92 Å². The van der Waals surface area contributed by atoms with Gasteiger partial charge in [-0.3, -0.25) is 4.79 Å². The number of anilines is 1. The second-order valence-corrected chi connectivity index (χ2v) is 9.69. The first-order valence-corrected chi connectivity index (χ1v) is 13.0. The maximum atomic E-state index is 12.7. The van der Waals surface area contributed by atoms with E-state index in [2.05, 4.69) is 18.3 Å². The van der Waals surface area contributed by atoms with Crippen LogP contribution in [0.3, 0.4) is 0 Å². The molecule has 0 bridgehead atoms. The van der Waals surface area contributed by atoms with Crippen LogP contribution < -0.4 is 14.8 Å². The highest BCUT2D eigenvalue weighted by atomic mass is 32.1. The van der Waals surface area contributed by atoms with Gasteiger partial charge in [-0.05, 0) is 80.0 Å². The number of thiophene rings is 1. The third kappa shape index (κ3) is 5.97. The van der Waals surface area contributed by atoms with E-state index in [9.17, 15) is 9.59 Å². The molecule has 0 radical (unpaired) electrons. The number of carbonyl (C=O) groups excluding carboxylic acids is 2. The Kier molecular flexibility index (Phi) is 8.44. The molecular weight excluding hydrogens is 474 g/mol. The Labute approximate surface area is 215 Å². The summed E-state index contributed by atoms with van der Waals surface area (Å²) in [5.74, 6) is 0.535. The SMILES string of the molecule is CCOC(=O)c1c(NC(=O)C=Cc2ccc(OCc3ccccc3C)c(OC)c2)sc2c1CCCC2. The van der Waals surface area contributed by atoms with Crippen molar-refractivity contribution in [3.05, 3.63) is 81.2 Å². The highest BCUT2D eigenvalue weighted by Gasteiger charge is 2.26. The predicted octanol–water partition coefficient (Wildman–Crippen LogP) is 6.35. The summed E-state index contributed by atoms with van der Waals surface area (Å²) < 4.78 is 16.8. The molecule has 4 rings (SSSR count). The maximum Gasteiger partial charge on any atom is 0.341 e. The summed E-state index contributed by atoms with van der Waals surface area (Å²) in [5.41, 5.74) is 4.60. The van der Waals surface area contributed by atoms with Crippen molar-refractivity contribution >= 4 is 34.3 Å². The fourth-order valence-corrected chi connectivity index (χ4v) is 5.51. The van der Waals surface area contributed by atoms with Gasteiger partial charge in [0.05, 0.1) is 19.3 Å². The summed E-state index contributed by atoms with van der Waals surface area (Å²) >= 11 is 1.48. The molecule has 0 fully saturated rings. The van der Waals surface area contributed by atoms with E-state index in [-0.39, 0.29) is 11.9 Å². The lowest BCUT2D eigenvalue weighted by molar-refractivity contribution is -0.111. The summed E-state index contributed by atoms with van der Waals surface area (Å²) in [6.07, 6.45) is 7.06. The fraction of sp³-hybridized carbons (Fsp3) is 0.310. The molecule has 1 aliphatic carbocycles. The van der Waals surface area contributed by atoms with Gasteiger partial charge in [-0.2, -0.15) is 0 Å². The van der Waals surface area contributed by atoms with E-state index in [0.29, 0.717) is 35.3 Å². The van der Waals surface area contributed by atoms with E-state index in [4.69, 9.17) is 14.2 Å². The third-order valence-corrected chi connectivity index (χ3v) is 7.35. The van der Waals surface area contributed by atoms with Crippen molar-refractivity contribution in [2.75, 3.05) is 19.0 Å². The van der Waals surface area contributed by atoms with E-state index in [1.807, 2.05) is 36.4 Å². The van der Waals surface area contributed by atoms with E-state index in [0.717, 1.165) is 47.3 Å². The fourth-order valence-electron chi connectivity index (χ4n) is 4.23. The number of hydrogen-bond donors (Lipinski definition) is 1. The van der Waals surface area contributed by atoms with Crippen molar-refractivity contribution < 1.29 is 23.8 Å². The third-order valence-electron chi connectivity index (χ3n) is 6.15. The first-order chi connectivity index (χ1) is 17.5. The lowest BCUT2D eigenvalue weighted by Gasteiger charge is -2.12. The van der Waals surface area contributed by atoms with Crippen molar-refractivity contribution in [3.8, 4) is 11.5 Å². The normalized spacial score (nSPS) is 12.8. The number of amides is 1. The largest absolute Gasteiger partial charge is 0.493 e. The quantitative estimate of drug-likeness (QED) is 0.271. The Morgan fingerprint density at radius 1 is 1.08 bits per heavy atom. The van der Waals surface area contributed by atoms with Crippen LogP contribution in [0.4, 0.5) is 5.00 Å². The van der Waals surface area contributed by atoms with Crippen LogP contribution in [0.1, 0.15) is 57.3 Å². The maximum absolute atomic E-state index is 12.7.